The second-order valence-electron chi connectivity index (χ2n) is 4.95. The summed E-state index contributed by atoms with van der Waals surface area (Å²) in [5.41, 5.74) is 1.86. The Bertz CT molecular complexity index is 610. The number of carbonyl (C=O) groups excluding carboxylic acids is 1. The zero-order chi connectivity index (χ0) is 15.2. The molecule has 4 heteroatoms. The van der Waals surface area contributed by atoms with Gasteiger partial charge in [0.05, 0.1) is 13.7 Å². The molecule has 0 spiro atoms. The van der Waals surface area contributed by atoms with Crippen LogP contribution >= 0.6 is 15.9 Å². The molecule has 0 saturated carbocycles. The molecule has 2 aromatic carbocycles. The quantitative estimate of drug-likeness (QED) is 0.745. The van der Waals surface area contributed by atoms with Crippen molar-refractivity contribution in [2.75, 3.05) is 20.7 Å². The minimum absolute atomic E-state index is 0.0912. The summed E-state index contributed by atoms with van der Waals surface area (Å²) in [7, 11) is 3.55. The highest BCUT2D eigenvalue weighted by molar-refractivity contribution is 9.10. The van der Waals surface area contributed by atoms with E-state index in [0.29, 0.717) is 17.9 Å². The molecule has 0 heterocycles. The van der Waals surface area contributed by atoms with E-state index in [4.69, 9.17) is 4.74 Å². The first-order chi connectivity index (χ1) is 10.1. The molecule has 0 aliphatic rings. The molecule has 0 amide bonds. The maximum Gasteiger partial charge on any atom is 0.176 e. The topological polar surface area (TPSA) is 29.5 Å². The second kappa shape index (κ2) is 7.38. The summed E-state index contributed by atoms with van der Waals surface area (Å²) in [5, 5.41) is 0. The van der Waals surface area contributed by atoms with Crippen molar-refractivity contribution in [3.05, 3.63) is 64.1 Å². The zero-order valence-electron chi connectivity index (χ0n) is 12.2. The highest BCUT2D eigenvalue weighted by atomic mass is 79.9. The van der Waals surface area contributed by atoms with E-state index in [-0.39, 0.29) is 5.78 Å². The van der Waals surface area contributed by atoms with Gasteiger partial charge in [0.15, 0.2) is 5.78 Å². The summed E-state index contributed by atoms with van der Waals surface area (Å²) < 4.78 is 6.20. The molecule has 2 rings (SSSR count). The van der Waals surface area contributed by atoms with E-state index in [1.165, 1.54) is 5.56 Å². The average molecular weight is 348 g/mol. The molecule has 2 aromatic rings. The lowest BCUT2D eigenvalue weighted by molar-refractivity contribution is 0.0942. The Kier molecular flexibility index (Phi) is 5.53. The van der Waals surface area contributed by atoms with Crippen molar-refractivity contribution in [1.82, 2.24) is 4.90 Å². The minimum atomic E-state index is 0.0912. The Balaban J connectivity index is 1.96. The molecule has 0 saturated heterocycles. The maximum absolute atomic E-state index is 12.3. The number of Topliss-reactive ketones (excluding diaryl/α,β-unsaturated/α-hetero) is 1. The van der Waals surface area contributed by atoms with Gasteiger partial charge in [-0.3, -0.25) is 9.69 Å². The van der Waals surface area contributed by atoms with E-state index in [2.05, 4.69) is 28.1 Å². The fourth-order valence-electron chi connectivity index (χ4n) is 2.09. The number of likely N-dealkylation sites (N-methyl/N-ethyl adjacent to an activating group) is 1. The van der Waals surface area contributed by atoms with Crippen LogP contribution in [-0.2, 0) is 6.54 Å². The average Bonchev–Trinajstić information content (AvgIpc) is 2.49. The number of hydrogen-bond donors (Lipinski definition) is 0. The van der Waals surface area contributed by atoms with Crippen LogP contribution in [-0.4, -0.2) is 31.4 Å². The predicted octanol–water partition coefficient (Wildman–Crippen LogP) is 3.77. The Morgan fingerprint density at radius 2 is 1.90 bits per heavy atom. The van der Waals surface area contributed by atoms with Crippen molar-refractivity contribution < 1.29 is 9.53 Å². The van der Waals surface area contributed by atoms with Crippen molar-refractivity contribution >= 4 is 21.7 Å². The number of benzene rings is 2. The number of halogens is 1. The van der Waals surface area contributed by atoms with Crippen LogP contribution in [0.5, 0.6) is 5.75 Å². The van der Waals surface area contributed by atoms with Gasteiger partial charge in [0.2, 0.25) is 0 Å². The van der Waals surface area contributed by atoms with Gasteiger partial charge in [0.1, 0.15) is 5.75 Å². The number of ketones is 1. The highest BCUT2D eigenvalue weighted by Crippen LogP contribution is 2.14. The third kappa shape index (κ3) is 4.69. The van der Waals surface area contributed by atoms with Crippen molar-refractivity contribution in [2.24, 2.45) is 0 Å². The van der Waals surface area contributed by atoms with E-state index in [0.717, 1.165) is 11.0 Å². The Hall–Kier alpha value is -1.65. The second-order valence-corrected chi connectivity index (χ2v) is 5.87. The lowest BCUT2D eigenvalue weighted by atomic mass is 10.1. The molecule has 0 unspecified atom stereocenters. The molecule has 0 aromatic heterocycles. The smallest absolute Gasteiger partial charge is 0.176 e. The molecule has 3 nitrogen and oxygen atoms in total. The summed E-state index contributed by atoms with van der Waals surface area (Å²) in [6.07, 6.45) is 0. The summed E-state index contributed by atoms with van der Waals surface area (Å²) in [6, 6.07) is 15.4. The number of ether oxygens (including phenoxy) is 1. The van der Waals surface area contributed by atoms with Crippen LogP contribution in [0.4, 0.5) is 0 Å². The van der Waals surface area contributed by atoms with E-state index < -0.39 is 0 Å². The van der Waals surface area contributed by atoms with Gasteiger partial charge in [-0.25, -0.2) is 0 Å². The third-order valence-corrected chi connectivity index (χ3v) is 3.70. The summed E-state index contributed by atoms with van der Waals surface area (Å²) in [5.74, 6) is 0.796. The van der Waals surface area contributed by atoms with Crippen LogP contribution in [0.3, 0.4) is 0 Å². The fraction of sp³-hybridized carbons (Fsp3) is 0.235. The molecule has 0 atom stereocenters. The molecule has 0 bridgehead atoms. The van der Waals surface area contributed by atoms with Crippen LogP contribution < -0.4 is 4.74 Å². The number of carbonyl (C=O) groups is 1. The van der Waals surface area contributed by atoms with Gasteiger partial charge in [0, 0.05) is 16.6 Å². The molecular formula is C17H18BrNO2. The normalized spacial score (nSPS) is 10.7. The van der Waals surface area contributed by atoms with Crippen LogP contribution in [0.15, 0.2) is 53.0 Å². The number of methoxy groups -OCH3 is 1. The minimum Gasteiger partial charge on any atom is -0.497 e. The molecule has 0 aliphatic carbocycles. The number of hydrogen-bond acceptors (Lipinski definition) is 3. The molecule has 110 valence electrons. The highest BCUT2D eigenvalue weighted by Gasteiger charge is 2.10. The van der Waals surface area contributed by atoms with Crippen LogP contribution in [0.2, 0.25) is 0 Å². The SMILES string of the molecule is COc1cccc(C(=O)CN(C)Cc2ccc(Br)cc2)c1. The third-order valence-electron chi connectivity index (χ3n) is 3.17. The number of rotatable bonds is 6. The molecule has 0 radical (unpaired) electrons. The fourth-order valence-corrected chi connectivity index (χ4v) is 2.35. The zero-order valence-corrected chi connectivity index (χ0v) is 13.8. The lowest BCUT2D eigenvalue weighted by Crippen LogP contribution is -2.25. The molecule has 21 heavy (non-hydrogen) atoms. The largest absolute Gasteiger partial charge is 0.497 e. The van der Waals surface area contributed by atoms with Crippen LogP contribution in [0, 0.1) is 0 Å². The van der Waals surface area contributed by atoms with Crippen molar-refractivity contribution in [1.29, 1.82) is 0 Å². The van der Waals surface area contributed by atoms with Crippen molar-refractivity contribution in [2.45, 2.75) is 6.54 Å². The van der Waals surface area contributed by atoms with E-state index in [1.807, 2.05) is 42.3 Å². The lowest BCUT2D eigenvalue weighted by Gasteiger charge is -2.16. The van der Waals surface area contributed by atoms with Crippen LogP contribution in [0.25, 0.3) is 0 Å². The van der Waals surface area contributed by atoms with Crippen molar-refractivity contribution in [3.8, 4) is 5.75 Å². The monoisotopic (exact) mass is 347 g/mol. The first kappa shape index (κ1) is 15.7. The van der Waals surface area contributed by atoms with Gasteiger partial charge >= 0.3 is 0 Å². The van der Waals surface area contributed by atoms with Crippen molar-refractivity contribution in [3.63, 3.8) is 0 Å². The van der Waals surface area contributed by atoms with Crippen LogP contribution in [0.1, 0.15) is 15.9 Å². The standard InChI is InChI=1S/C17H18BrNO2/c1-19(11-13-6-8-15(18)9-7-13)12-17(20)14-4-3-5-16(10-14)21-2/h3-10H,11-12H2,1-2H3. The van der Waals surface area contributed by atoms with Gasteiger partial charge in [-0.2, -0.15) is 0 Å². The van der Waals surface area contributed by atoms with E-state index in [1.54, 1.807) is 13.2 Å². The molecular weight excluding hydrogens is 330 g/mol. The summed E-state index contributed by atoms with van der Waals surface area (Å²) in [4.78, 5) is 14.3. The first-order valence-corrected chi connectivity index (χ1v) is 7.48. The maximum atomic E-state index is 12.3. The van der Waals surface area contributed by atoms with Gasteiger partial charge < -0.3 is 4.74 Å². The molecule has 0 fully saturated rings. The first-order valence-electron chi connectivity index (χ1n) is 6.68. The predicted molar refractivity (Wildman–Crippen MR) is 87.8 cm³/mol. The Labute approximate surface area is 133 Å². The van der Waals surface area contributed by atoms with E-state index >= 15 is 0 Å². The van der Waals surface area contributed by atoms with Gasteiger partial charge in [-0.1, -0.05) is 40.2 Å². The summed E-state index contributed by atoms with van der Waals surface area (Å²) in [6.45, 7) is 1.12. The van der Waals surface area contributed by atoms with Gasteiger partial charge in [-0.15, -0.1) is 0 Å². The number of nitrogens with zero attached hydrogens (tertiary/aromatic N) is 1. The molecule has 0 aliphatic heterocycles. The van der Waals surface area contributed by atoms with E-state index in [9.17, 15) is 4.79 Å². The molecule has 0 N–H and O–H groups in total. The van der Waals surface area contributed by atoms with Gasteiger partial charge in [0.25, 0.3) is 0 Å². The Morgan fingerprint density at radius 3 is 2.57 bits per heavy atom. The Morgan fingerprint density at radius 1 is 1.19 bits per heavy atom. The van der Waals surface area contributed by atoms with Gasteiger partial charge in [-0.05, 0) is 36.9 Å². The summed E-state index contributed by atoms with van der Waals surface area (Å²) >= 11 is 3.42.